The summed E-state index contributed by atoms with van der Waals surface area (Å²) in [5.74, 6) is 0.651. The van der Waals surface area contributed by atoms with Gasteiger partial charge in [-0.05, 0) is 42.0 Å². The minimum Gasteiger partial charge on any atom is -0.340 e. The van der Waals surface area contributed by atoms with E-state index in [1.165, 1.54) is 12.0 Å². The van der Waals surface area contributed by atoms with Gasteiger partial charge in [0.1, 0.15) is 0 Å². The zero-order chi connectivity index (χ0) is 24.7. The molecule has 1 aliphatic carbocycles. The summed E-state index contributed by atoms with van der Waals surface area (Å²) in [7, 11) is 1.80. The van der Waals surface area contributed by atoms with Crippen molar-refractivity contribution >= 4 is 17.1 Å². The number of nitrogens with zero attached hydrogens (tertiary/aromatic N) is 5. The van der Waals surface area contributed by atoms with E-state index in [1.807, 2.05) is 16.7 Å². The molecule has 2 aromatic heterocycles. The van der Waals surface area contributed by atoms with E-state index in [2.05, 4.69) is 54.8 Å². The summed E-state index contributed by atoms with van der Waals surface area (Å²) < 4.78 is 3.48. The molecule has 0 spiro atoms. The molecule has 1 aliphatic heterocycles. The molecule has 186 valence electrons. The first kappa shape index (κ1) is 23.8. The van der Waals surface area contributed by atoms with Gasteiger partial charge in [0.05, 0.1) is 11.2 Å². The van der Waals surface area contributed by atoms with Crippen LogP contribution in [0.15, 0.2) is 41.2 Å². The predicted octanol–water partition coefficient (Wildman–Crippen LogP) is 3.89. The number of imidazole rings is 1. The van der Waals surface area contributed by atoms with Crippen LogP contribution in [0.5, 0.6) is 0 Å². The molecule has 1 amide bonds. The van der Waals surface area contributed by atoms with Gasteiger partial charge in [-0.3, -0.25) is 18.8 Å². The van der Waals surface area contributed by atoms with Crippen molar-refractivity contribution in [3.63, 3.8) is 0 Å². The monoisotopic (exact) mass is 475 g/mol. The van der Waals surface area contributed by atoms with E-state index in [-0.39, 0.29) is 17.0 Å². The highest BCUT2D eigenvalue weighted by Crippen LogP contribution is 2.29. The molecule has 2 fully saturated rings. The standard InChI is InChI=1S/C28H37N5O2/c1-28(2,3)19-33-24-12-11-23(29-25(24)30(4)27(33)35)22-10-5-7-20(17-22)18-31-13-15-32(16-14-31)26(34)21-8-6-9-21/h5,7,10-12,17,21H,6,8-9,13-16,18-19H2,1-4H3. The Morgan fingerprint density at radius 1 is 1.06 bits per heavy atom. The van der Waals surface area contributed by atoms with E-state index in [0.29, 0.717) is 12.5 Å². The maximum absolute atomic E-state index is 12.9. The Bertz CT molecular complexity index is 1290. The maximum Gasteiger partial charge on any atom is 0.330 e. The number of hydrogen-bond acceptors (Lipinski definition) is 4. The number of carbonyl (C=O) groups excluding carboxylic acids is 1. The molecule has 1 saturated heterocycles. The third-order valence-electron chi connectivity index (χ3n) is 7.38. The highest BCUT2D eigenvalue weighted by molar-refractivity contribution is 5.79. The second-order valence-corrected chi connectivity index (χ2v) is 11.5. The van der Waals surface area contributed by atoms with E-state index in [1.54, 1.807) is 11.6 Å². The van der Waals surface area contributed by atoms with Crippen molar-refractivity contribution in [2.75, 3.05) is 26.2 Å². The van der Waals surface area contributed by atoms with Gasteiger partial charge in [0.15, 0.2) is 5.65 Å². The van der Waals surface area contributed by atoms with Crippen LogP contribution in [-0.4, -0.2) is 56.0 Å². The highest BCUT2D eigenvalue weighted by atomic mass is 16.2. The minimum absolute atomic E-state index is 0.00108. The van der Waals surface area contributed by atoms with Crippen molar-refractivity contribution in [2.45, 2.75) is 53.1 Å². The Balaban J connectivity index is 1.31. The SMILES string of the molecule is Cn1c(=O)n(CC(C)(C)C)c2ccc(-c3cccc(CN4CCN(C(=O)C5CCC5)CC4)c3)nc21. The summed E-state index contributed by atoms with van der Waals surface area (Å²) in [6.07, 6.45) is 3.34. The minimum atomic E-state index is -0.0248. The van der Waals surface area contributed by atoms with Crippen molar-refractivity contribution in [1.29, 1.82) is 0 Å². The van der Waals surface area contributed by atoms with E-state index in [0.717, 1.165) is 68.0 Å². The van der Waals surface area contributed by atoms with Crippen LogP contribution in [0, 0.1) is 11.3 Å². The quantitative estimate of drug-likeness (QED) is 0.562. The number of aromatic nitrogens is 3. The number of amides is 1. The number of hydrogen-bond donors (Lipinski definition) is 0. The molecule has 0 unspecified atom stereocenters. The van der Waals surface area contributed by atoms with Crippen molar-refractivity contribution in [3.05, 3.63) is 52.4 Å². The Hall–Kier alpha value is -2.93. The van der Waals surface area contributed by atoms with Gasteiger partial charge in [-0.25, -0.2) is 9.78 Å². The second-order valence-electron chi connectivity index (χ2n) is 11.5. The Morgan fingerprint density at radius 2 is 1.80 bits per heavy atom. The Morgan fingerprint density at radius 3 is 2.46 bits per heavy atom. The molecule has 0 N–H and O–H groups in total. The molecule has 7 nitrogen and oxygen atoms in total. The van der Waals surface area contributed by atoms with Crippen LogP contribution in [0.2, 0.25) is 0 Å². The lowest BCUT2D eigenvalue weighted by molar-refractivity contribution is -0.140. The highest BCUT2D eigenvalue weighted by Gasteiger charge is 2.31. The average molecular weight is 476 g/mol. The fraction of sp³-hybridized carbons (Fsp3) is 0.536. The van der Waals surface area contributed by atoms with Crippen LogP contribution >= 0.6 is 0 Å². The smallest absolute Gasteiger partial charge is 0.330 e. The van der Waals surface area contributed by atoms with Gasteiger partial charge in [-0.15, -0.1) is 0 Å². The summed E-state index contributed by atoms with van der Waals surface area (Å²) in [4.78, 5) is 34.8. The van der Waals surface area contributed by atoms with Gasteiger partial charge in [0.2, 0.25) is 5.91 Å². The normalized spacial score (nSPS) is 17.7. The van der Waals surface area contributed by atoms with Gasteiger partial charge < -0.3 is 4.90 Å². The molecule has 7 heteroatoms. The number of pyridine rings is 1. The van der Waals surface area contributed by atoms with E-state index >= 15 is 0 Å². The number of rotatable bonds is 5. The Labute approximate surface area is 207 Å². The van der Waals surface area contributed by atoms with E-state index < -0.39 is 0 Å². The zero-order valence-electron chi connectivity index (χ0n) is 21.5. The van der Waals surface area contributed by atoms with E-state index in [4.69, 9.17) is 4.98 Å². The first-order valence-electron chi connectivity index (χ1n) is 12.9. The van der Waals surface area contributed by atoms with Crippen LogP contribution in [0.4, 0.5) is 0 Å². The molecule has 3 aromatic rings. The Kier molecular flexibility index (Phi) is 6.30. The first-order chi connectivity index (χ1) is 16.7. The van der Waals surface area contributed by atoms with Crippen LogP contribution in [0.3, 0.4) is 0 Å². The lowest BCUT2D eigenvalue weighted by Crippen LogP contribution is -2.50. The zero-order valence-corrected chi connectivity index (χ0v) is 21.5. The third kappa shape index (κ3) is 4.92. The topological polar surface area (TPSA) is 63.4 Å². The lowest BCUT2D eigenvalue weighted by Gasteiger charge is -2.38. The summed E-state index contributed by atoms with van der Waals surface area (Å²) in [6.45, 7) is 11.4. The summed E-state index contributed by atoms with van der Waals surface area (Å²) in [5, 5.41) is 0. The van der Waals surface area contributed by atoms with Crippen LogP contribution < -0.4 is 5.69 Å². The van der Waals surface area contributed by atoms with Crippen LogP contribution in [0.1, 0.15) is 45.6 Å². The van der Waals surface area contributed by atoms with Crippen molar-refractivity contribution in [3.8, 4) is 11.3 Å². The van der Waals surface area contributed by atoms with Crippen LogP contribution in [0.25, 0.3) is 22.4 Å². The summed E-state index contributed by atoms with van der Waals surface area (Å²) in [5.41, 5.74) is 4.74. The molecular weight excluding hydrogens is 438 g/mol. The molecule has 1 saturated carbocycles. The largest absolute Gasteiger partial charge is 0.340 e. The van der Waals surface area contributed by atoms with Gasteiger partial charge in [-0.2, -0.15) is 0 Å². The van der Waals surface area contributed by atoms with Crippen LogP contribution in [-0.2, 0) is 24.9 Å². The molecule has 0 atom stereocenters. The summed E-state index contributed by atoms with van der Waals surface area (Å²) >= 11 is 0. The number of benzene rings is 1. The van der Waals surface area contributed by atoms with Gasteiger partial charge in [0, 0.05) is 57.8 Å². The number of fused-ring (bicyclic) bond motifs is 1. The average Bonchev–Trinajstić information content (AvgIpc) is 3.02. The van der Waals surface area contributed by atoms with Gasteiger partial charge in [0.25, 0.3) is 0 Å². The van der Waals surface area contributed by atoms with Gasteiger partial charge >= 0.3 is 5.69 Å². The fourth-order valence-electron chi connectivity index (χ4n) is 5.19. The fourth-order valence-corrected chi connectivity index (χ4v) is 5.19. The molecule has 5 rings (SSSR count). The molecule has 35 heavy (non-hydrogen) atoms. The first-order valence-corrected chi connectivity index (χ1v) is 12.9. The molecule has 0 radical (unpaired) electrons. The maximum atomic E-state index is 12.9. The van der Waals surface area contributed by atoms with Crippen molar-refractivity contribution < 1.29 is 4.79 Å². The molecular formula is C28H37N5O2. The third-order valence-corrected chi connectivity index (χ3v) is 7.38. The predicted molar refractivity (Wildman–Crippen MR) is 139 cm³/mol. The van der Waals surface area contributed by atoms with Gasteiger partial charge in [-0.1, -0.05) is 45.4 Å². The molecule has 1 aromatic carbocycles. The number of piperazine rings is 1. The molecule has 0 bridgehead atoms. The molecule has 3 heterocycles. The van der Waals surface area contributed by atoms with Crippen molar-refractivity contribution in [1.82, 2.24) is 23.9 Å². The second kappa shape index (κ2) is 9.26. The van der Waals surface area contributed by atoms with E-state index in [9.17, 15) is 9.59 Å². The number of carbonyl (C=O) groups is 1. The molecule has 2 aliphatic rings. The number of aryl methyl sites for hydroxylation is 1. The summed E-state index contributed by atoms with van der Waals surface area (Å²) in [6, 6.07) is 12.6. The lowest BCUT2D eigenvalue weighted by atomic mass is 9.84. The van der Waals surface area contributed by atoms with Crippen molar-refractivity contribution in [2.24, 2.45) is 18.4 Å².